The number of amides is 1. The molecule has 0 aromatic heterocycles. The lowest BCUT2D eigenvalue weighted by atomic mass is 9.89. The van der Waals surface area contributed by atoms with E-state index < -0.39 is 0 Å². The number of nitrogens with one attached hydrogen (secondary N) is 1. The van der Waals surface area contributed by atoms with Crippen LogP contribution in [0, 0.1) is 9.49 Å². The molecule has 1 saturated carbocycles. The van der Waals surface area contributed by atoms with Gasteiger partial charge in [0.2, 0.25) is 5.91 Å². The fourth-order valence-electron chi connectivity index (χ4n) is 3.78. The van der Waals surface area contributed by atoms with Crippen molar-refractivity contribution in [2.75, 3.05) is 11.9 Å². The molecule has 3 N–H and O–H groups in total. The van der Waals surface area contributed by atoms with Crippen molar-refractivity contribution in [2.45, 2.75) is 45.4 Å². The highest BCUT2D eigenvalue weighted by Gasteiger charge is 2.16. The van der Waals surface area contributed by atoms with E-state index in [9.17, 15) is 4.79 Å². The number of nitrogens with two attached hydrogens (primary N) is 1. The van der Waals surface area contributed by atoms with Gasteiger partial charge < -0.3 is 11.1 Å². The van der Waals surface area contributed by atoms with E-state index in [2.05, 4.69) is 27.9 Å². The molecule has 0 radical (unpaired) electrons. The summed E-state index contributed by atoms with van der Waals surface area (Å²) in [6.45, 7) is 2.68. The van der Waals surface area contributed by atoms with Crippen LogP contribution in [0.3, 0.4) is 0 Å². The van der Waals surface area contributed by atoms with Gasteiger partial charge in [0.15, 0.2) is 0 Å². The molecule has 0 saturated heterocycles. The number of nitrogens with zero attached hydrogens (tertiary/aromatic N) is 2. The number of hydrogen-bond donors (Lipinski definition) is 2. The molecule has 1 aliphatic rings. The van der Waals surface area contributed by atoms with Crippen molar-refractivity contribution in [1.82, 2.24) is 0 Å². The largest absolute Gasteiger partial charge is 0.369 e. The Kier molecular flexibility index (Phi) is 8.42. The van der Waals surface area contributed by atoms with E-state index in [0.717, 1.165) is 35.0 Å². The summed E-state index contributed by atoms with van der Waals surface area (Å²) in [5, 5.41) is 3.32. The maximum atomic E-state index is 11.7. The number of primary amides is 1. The van der Waals surface area contributed by atoms with Gasteiger partial charge in [-0.2, -0.15) is 0 Å². The second kappa shape index (κ2) is 11.2. The van der Waals surface area contributed by atoms with E-state index >= 15 is 0 Å². The van der Waals surface area contributed by atoms with Gasteiger partial charge in [0, 0.05) is 21.4 Å². The first-order valence-electron chi connectivity index (χ1n) is 10.5. The minimum absolute atomic E-state index is 0.128. The molecule has 0 heterocycles. The summed E-state index contributed by atoms with van der Waals surface area (Å²) in [7, 11) is 0. The molecule has 2 aromatic carbocycles. The summed E-state index contributed by atoms with van der Waals surface area (Å²) in [4.78, 5) is 21.3. The second-order valence-electron chi connectivity index (χ2n) is 7.78. The fourth-order valence-corrected chi connectivity index (χ4v) is 4.14. The zero-order valence-electron chi connectivity index (χ0n) is 17.4. The van der Waals surface area contributed by atoms with Gasteiger partial charge >= 0.3 is 0 Å². The smallest absolute Gasteiger partial charge is 0.223 e. The first kappa shape index (κ1) is 22.5. The van der Waals surface area contributed by atoms with Crippen molar-refractivity contribution in [3.8, 4) is 0 Å². The van der Waals surface area contributed by atoms with Crippen molar-refractivity contribution in [1.29, 1.82) is 0 Å². The van der Waals surface area contributed by atoms with E-state index in [-0.39, 0.29) is 12.3 Å². The van der Waals surface area contributed by atoms with Crippen LogP contribution in [-0.2, 0) is 4.79 Å². The third kappa shape index (κ3) is 6.93. The number of amidine groups is 1. The van der Waals surface area contributed by atoms with E-state index in [1.165, 1.54) is 35.7 Å². The highest BCUT2D eigenvalue weighted by molar-refractivity contribution is 14.1. The van der Waals surface area contributed by atoms with Crippen LogP contribution < -0.4 is 11.1 Å². The zero-order chi connectivity index (χ0) is 21.3. The molecule has 1 amide bonds. The maximum absolute atomic E-state index is 11.7. The van der Waals surface area contributed by atoms with Gasteiger partial charge in [-0.1, -0.05) is 37.5 Å². The molecular weight excluding hydrogens is 487 g/mol. The minimum Gasteiger partial charge on any atom is -0.369 e. The first-order chi connectivity index (χ1) is 14.5. The SMILES string of the molecule is C/C(=N\c1ccccc1/C(CC(N)=O)=N/CC1CCCCC1)Nc1ccc(I)cc1. The maximum Gasteiger partial charge on any atom is 0.223 e. The predicted octanol–water partition coefficient (Wildman–Crippen LogP) is 5.70. The van der Waals surface area contributed by atoms with Crippen LogP contribution >= 0.6 is 22.6 Å². The molecule has 5 nitrogen and oxygen atoms in total. The number of anilines is 1. The molecule has 6 heteroatoms. The Bertz CT molecular complexity index is 915. The Balaban J connectivity index is 1.83. The molecule has 30 heavy (non-hydrogen) atoms. The van der Waals surface area contributed by atoms with Crippen molar-refractivity contribution >= 4 is 51.4 Å². The van der Waals surface area contributed by atoms with Crippen LogP contribution in [0.2, 0.25) is 0 Å². The summed E-state index contributed by atoms with van der Waals surface area (Å²) in [5.41, 5.74) is 8.91. The number of benzene rings is 2. The highest BCUT2D eigenvalue weighted by atomic mass is 127. The average Bonchev–Trinajstić information content (AvgIpc) is 2.74. The van der Waals surface area contributed by atoms with Gasteiger partial charge in [-0.15, -0.1) is 0 Å². The Morgan fingerprint density at radius 3 is 2.50 bits per heavy atom. The quantitative estimate of drug-likeness (QED) is 0.281. The molecule has 0 unspecified atom stereocenters. The Labute approximate surface area is 192 Å². The monoisotopic (exact) mass is 516 g/mol. The predicted molar refractivity (Wildman–Crippen MR) is 134 cm³/mol. The minimum atomic E-state index is -0.370. The van der Waals surface area contributed by atoms with Crippen LogP contribution in [0.5, 0.6) is 0 Å². The van der Waals surface area contributed by atoms with Gasteiger partial charge in [-0.05, 0) is 78.6 Å². The summed E-state index contributed by atoms with van der Waals surface area (Å²) in [6, 6.07) is 16.0. The molecule has 0 bridgehead atoms. The Morgan fingerprint density at radius 2 is 1.80 bits per heavy atom. The van der Waals surface area contributed by atoms with E-state index in [1.807, 2.05) is 55.5 Å². The van der Waals surface area contributed by atoms with E-state index in [0.29, 0.717) is 5.92 Å². The summed E-state index contributed by atoms with van der Waals surface area (Å²) < 4.78 is 1.18. The average molecular weight is 516 g/mol. The number of carbonyl (C=O) groups is 1. The van der Waals surface area contributed by atoms with E-state index in [4.69, 9.17) is 15.7 Å². The number of rotatable bonds is 7. The van der Waals surface area contributed by atoms with Crippen LogP contribution in [0.1, 0.15) is 51.0 Å². The Hall–Kier alpha value is -2.22. The first-order valence-corrected chi connectivity index (χ1v) is 11.6. The number of halogens is 1. The topological polar surface area (TPSA) is 79.8 Å². The van der Waals surface area contributed by atoms with E-state index in [1.54, 1.807) is 0 Å². The normalized spacial score (nSPS) is 15.8. The molecule has 158 valence electrons. The summed E-state index contributed by atoms with van der Waals surface area (Å²) >= 11 is 2.28. The number of hydrogen-bond acceptors (Lipinski definition) is 3. The lowest BCUT2D eigenvalue weighted by Gasteiger charge is -2.20. The second-order valence-corrected chi connectivity index (χ2v) is 9.03. The van der Waals surface area contributed by atoms with Crippen molar-refractivity contribution < 1.29 is 4.79 Å². The molecular formula is C24H29IN4O. The standard InChI is InChI=1S/C24H29IN4O/c1-17(28-20-13-11-19(25)12-14-20)29-22-10-6-5-9-21(22)23(15-24(26)30)27-16-18-7-3-2-4-8-18/h5-6,9-14,18H,2-4,7-8,15-16H2,1H3,(H2,26,30)(H,28,29)/b27-23+. The van der Waals surface area contributed by atoms with Gasteiger partial charge in [0.25, 0.3) is 0 Å². The summed E-state index contributed by atoms with van der Waals surface area (Å²) in [6.07, 6.45) is 6.42. The van der Waals surface area contributed by atoms with Gasteiger partial charge in [-0.3, -0.25) is 9.79 Å². The lowest BCUT2D eigenvalue weighted by molar-refractivity contribution is -0.116. The van der Waals surface area contributed by atoms with Crippen molar-refractivity contribution in [3.05, 3.63) is 57.7 Å². The molecule has 2 aromatic rings. The molecule has 0 aliphatic heterocycles. The fraction of sp³-hybridized carbons (Fsp3) is 0.375. The molecule has 0 spiro atoms. The van der Waals surface area contributed by atoms with Crippen LogP contribution in [0.25, 0.3) is 0 Å². The van der Waals surface area contributed by atoms with Crippen LogP contribution in [0.15, 0.2) is 58.5 Å². The van der Waals surface area contributed by atoms with Crippen LogP contribution in [-0.4, -0.2) is 24.0 Å². The molecule has 1 fully saturated rings. The zero-order valence-corrected chi connectivity index (χ0v) is 19.6. The summed E-state index contributed by atoms with van der Waals surface area (Å²) in [5.74, 6) is 1.00. The van der Waals surface area contributed by atoms with Gasteiger partial charge in [0.05, 0.1) is 17.8 Å². The van der Waals surface area contributed by atoms with Gasteiger partial charge in [-0.25, -0.2) is 4.99 Å². The number of carbonyl (C=O) groups excluding carboxylic acids is 1. The highest BCUT2D eigenvalue weighted by Crippen LogP contribution is 2.26. The lowest BCUT2D eigenvalue weighted by Crippen LogP contribution is -2.19. The third-order valence-corrected chi connectivity index (χ3v) is 6.00. The van der Waals surface area contributed by atoms with Crippen LogP contribution in [0.4, 0.5) is 11.4 Å². The van der Waals surface area contributed by atoms with Gasteiger partial charge in [0.1, 0.15) is 5.84 Å². The molecule has 1 aliphatic carbocycles. The number of aliphatic imine (C=N–C) groups is 2. The Morgan fingerprint density at radius 1 is 1.10 bits per heavy atom. The van der Waals surface area contributed by atoms with Crippen molar-refractivity contribution in [2.24, 2.45) is 21.6 Å². The third-order valence-electron chi connectivity index (χ3n) is 5.28. The van der Waals surface area contributed by atoms with Crippen molar-refractivity contribution in [3.63, 3.8) is 0 Å². The molecule has 3 rings (SSSR count). The number of para-hydroxylation sites is 1. The molecule has 0 atom stereocenters.